The van der Waals surface area contributed by atoms with Crippen LogP contribution in [0, 0.1) is 5.92 Å². The number of halogens is 1. The zero-order valence-corrected chi connectivity index (χ0v) is 19.6. The van der Waals surface area contributed by atoms with E-state index in [0.717, 1.165) is 43.5 Å². The molecular formula is C20H33IN6O. The fourth-order valence-electron chi connectivity index (χ4n) is 2.76. The number of hydrogen-bond acceptors (Lipinski definition) is 4. The molecule has 2 rings (SSSR count). The van der Waals surface area contributed by atoms with E-state index in [0.29, 0.717) is 12.5 Å². The summed E-state index contributed by atoms with van der Waals surface area (Å²) in [6, 6.07) is 5.86. The van der Waals surface area contributed by atoms with Crippen LogP contribution in [-0.2, 0) is 11.3 Å². The van der Waals surface area contributed by atoms with E-state index < -0.39 is 0 Å². The second kappa shape index (κ2) is 13.5. The van der Waals surface area contributed by atoms with Gasteiger partial charge in [0.1, 0.15) is 0 Å². The van der Waals surface area contributed by atoms with E-state index in [1.54, 1.807) is 17.1 Å². The Balaban J connectivity index is 0.00000392. The summed E-state index contributed by atoms with van der Waals surface area (Å²) in [6.07, 6.45) is 6.63. The molecule has 0 saturated carbocycles. The highest BCUT2D eigenvalue weighted by Gasteiger charge is 2.13. The lowest BCUT2D eigenvalue weighted by atomic mass is 10.0. The number of hydrogen-bond donors (Lipinski definition) is 2. The van der Waals surface area contributed by atoms with Gasteiger partial charge < -0.3 is 15.4 Å². The topological polar surface area (TPSA) is 76.4 Å². The average Bonchev–Trinajstić information content (AvgIpc) is 3.20. The largest absolute Gasteiger partial charge is 0.378 e. The fourth-order valence-corrected chi connectivity index (χ4v) is 2.76. The summed E-state index contributed by atoms with van der Waals surface area (Å²) in [5, 5.41) is 10.9. The minimum atomic E-state index is 0. The molecule has 7 nitrogen and oxygen atoms in total. The zero-order chi connectivity index (χ0) is 19.5. The molecular weight excluding hydrogens is 467 g/mol. The van der Waals surface area contributed by atoms with Crippen molar-refractivity contribution in [1.82, 2.24) is 25.4 Å². The Morgan fingerprint density at radius 2 is 2.07 bits per heavy atom. The molecule has 0 aliphatic heterocycles. The molecule has 2 aromatic heterocycles. The summed E-state index contributed by atoms with van der Waals surface area (Å²) >= 11 is 0. The van der Waals surface area contributed by atoms with Crippen LogP contribution < -0.4 is 10.6 Å². The van der Waals surface area contributed by atoms with Crippen LogP contribution in [0.3, 0.4) is 0 Å². The molecule has 0 radical (unpaired) electrons. The molecule has 28 heavy (non-hydrogen) atoms. The molecule has 0 aromatic carbocycles. The molecule has 8 heteroatoms. The molecule has 0 amide bonds. The van der Waals surface area contributed by atoms with Gasteiger partial charge in [0.15, 0.2) is 11.8 Å². The Kier molecular flexibility index (Phi) is 11.7. The van der Waals surface area contributed by atoms with Gasteiger partial charge >= 0.3 is 0 Å². The van der Waals surface area contributed by atoms with E-state index in [1.165, 1.54) is 0 Å². The molecule has 0 spiro atoms. The molecule has 1 unspecified atom stereocenters. The molecule has 1 atom stereocenters. The average molecular weight is 500 g/mol. The predicted octanol–water partition coefficient (Wildman–Crippen LogP) is 3.39. The highest BCUT2D eigenvalue weighted by atomic mass is 127. The Bertz CT molecular complexity index is 690. The highest BCUT2D eigenvalue weighted by Crippen LogP contribution is 2.10. The highest BCUT2D eigenvalue weighted by molar-refractivity contribution is 14.0. The SMILES string of the molecule is CCNC(=NCc1ccnc(-n2cccn2)c1)NCCC(OCC)C(C)C.I. The Morgan fingerprint density at radius 1 is 1.25 bits per heavy atom. The number of nitrogens with zero attached hydrogens (tertiary/aromatic N) is 4. The van der Waals surface area contributed by atoms with Crippen molar-refractivity contribution in [2.75, 3.05) is 19.7 Å². The minimum absolute atomic E-state index is 0. The third-order valence-corrected chi connectivity index (χ3v) is 4.16. The van der Waals surface area contributed by atoms with Crippen molar-refractivity contribution in [3.05, 3.63) is 42.4 Å². The molecule has 2 aromatic rings. The van der Waals surface area contributed by atoms with Crippen LogP contribution in [0.15, 0.2) is 41.8 Å². The van der Waals surface area contributed by atoms with Crippen molar-refractivity contribution in [3.8, 4) is 5.82 Å². The van der Waals surface area contributed by atoms with Gasteiger partial charge in [-0.05, 0) is 49.9 Å². The van der Waals surface area contributed by atoms with Crippen molar-refractivity contribution in [1.29, 1.82) is 0 Å². The van der Waals surface area contributed by atoms with Gasteiger partial charge in [-0.15, -0.1) is 24.0 Å². The molecule has 0 bridgehead atoms. The first-order valence-corrected chi connectivity index (χ1v) is 9.72. The van der Waals surface area contributed by atoms with E-state index in [9.17, 15) is 0 Å². The summed E-state index contributed by atoms with van der Waals surface area (Å²) < 4.78 is 7.55. The second-order valence-electron chi connectivity index (χ2n) is 6.62. The molecule has 2 heterocycles. The quantitative estimate of drug-likeness (QED) is 0.297. The molecule has 0 saturated heterocycles. The number of aromatic nitrogens is 3. The summed E-state index contributed by atoms with van der Waals surface area (Å²) in [5.74, 6) is 2.11. The van der Waals surface area contributed by atoms with Gasteiger partial charge in [-0.3, -0.25) is 0 Å². The maximum Gasteiger partial charge on any atom is 0.191 e. The zero-order valence-electron chi connectivity index (χ0n) is 17.3. The van der Waals surface area contributed by atoms with Gasteiger partial charge in [0, 0.05) is 38.3 Å². The van der Waals surface area contributed by atoms with Crippen molar-refractivity contribution in [2.24, 2.45) is 10.9 Å². The maximum atomic E-state index is 5.81. The number of rotatable bonds is 10. The third kappa shape index (κ3) is 8.14. The van der Waals surface area contributed by atoms with Gasteiger partial charge in [-0.25, -0.2) is 14.7 Å². The van der Waals surface area contributed by atoms with Gasteiger partial charge in [-0.2, -0.15) is 5.10 Å². The summed E-state index contributed by atoms with van der Waals surface area (Å²) in [4.78, 5) is 9.05. The van der Waals surface area contributed by atoms with Crippen LogP contribution in [-0.4, -0.2) is 46.5 Å². The first-order chi connectivity index (χ1) is 13.1. The number of nitrogens with one attached hydrogen (secondary N) is 2. The van der Waals surface area contributed by atoms with E-state index in [4.69, 9.17) is 9.73 Å². The van der Waals surface area contributed by atoms with Crippen LogP contribution in [0.2, 0.25) is 0 Å². The normalized spacial score (nSPS) is 12.5. The van der Waals surface area contributed by atoms with Crippen LogP contribution >= 0.6 is 24.0 Å². The van der Waals surface area contributed by atoms with Crippen LogP contribution in [0.4, 0.5) is 0 Å². The second-order valence-corrected chi connectivity index (χ2v) is 6.62. The molecule has 2 N–H and O–H groups in total. The van der Waals surface area contributed by atoms with E-state index in [2.05, 4.69) is 41.5 Å². The standard InChI is InChI=1S/C20H32N6O.HI/c1-5-21-20(23-12-9-18(16(3)4)27-6-2)24-15-17-8-11-22-19(14-17)26-13-7-10-25-26;/h7-8,10-11,13-14,16,18H,5-6,9,12,15H2,1-4H3,(H2,21,23,24);1H. The van der Waals surface area contributed by atoms with Gasteiger partial charge in [-0.1, -0.05) is 13.8 Å². The molecule has 0 aliphatic carbocycles. The Morgan fingerprint density at radius 3 is 2.71 bits per heavy atom. The lowest BCUT2D eigenvalue weighted by Crippen LogP contribution is -2.39. The van der Waals surface area contributed by atoms with Crippen molar-refractivity contribution >= 4 is 29.9 Å². The van der Waals surface area contributed by atoms with E-state index in [-0.39, 0.29) is 30.1 Å². The maximum absolute atomic E-state index is 5.81. The van der Waals surface area contributed by atoms with E-state index in [1.807, 2.05) is 31.3 Å². The lowest BCUT2D eigenvalue weighted by Gasteiger charge is -2.21. The number of guanidine groups is 1. The third-order valence-electron chi connectivity index (χ3n) is 4.16. The smallest absolute Gasteiger partial charge is 0.191 e. The number of aliphatic imine (C=N–C) groups is 1. The van der Waals surface area contributed by atoms with Crippen LogP contribution in [0.1, 0.15) is 39.7 Å². The Hall–Kier alpha value is -1.68. The lowest BCUT2D eigenvalue weighted by molar-refractivity contribution is 0.0258. The summed E-state index contributed by atoms with van der Waals surface area (Å²) in [5.41, 5.74) is 1.09. The summed E-state index contributed by atoms with van der Waals surface area (Å²) in [6.45, 7) is 11.5. The first kappa shape index (κ1) is 24.4. The molecule has 0 aliphatic rings. The Labute approximate surface area is 185 Å². The number of pyridine rings is 1. The minimum Gasteiger partial charge on any atom is -0.378 e. The number of ether oxygens (including phenoxy) is 1. The predicted molar refractivity (Wildman–Crippen MR) is 124 cm³/mol. The van der Waals surface area contributed by atoms with Gasteiger partial charge in [0.25, 0.3) is 0 Å². The van der Waals surface area contributed by atoms with Crippen molar-refractivity contribution in [2.45, 2.75) is 46.8 Å². The fraction of sp³-hybridized carbons (Fsp3) is 0.550. The van der Waals surface area contributed by atoms with Crippen molar-refractivity contribution < 1.29 is 4.74 Å². The van der Waals surface area contributed by atoms with Gasteiger partial charge in [0.05, 0.1) is 12.6 Å². The van der Waals surface area contributed by atoms with Crippen molar-refractivity contribution in [3.63, 3.8) is 0 Å². The monoisotopic (exact) mass is 500 g/mol. The van der Waals surface area contributed by atoms with E-state index >= 15 is 0 Å². The molecule has 156 valence electrons. The first-order valence-electron chi connectivity index (χ1n) is 9.72. The van der Waals surface area contributed by atoms with Gasteiger partial charge in [0.2, 0.25) is 0 Å². The molecule has 0 fully saturated rings. The van der Waals surface area contributed by atoms with Crippen LogP contribution in [0.5, 0.6) is 0 Å². The van der Waals surface area contributed by atoms with Crippen LogP contribution in [0.25, 0.3) is 5.82 Å². The summed E-state index contributed by atoms with van der Waals surface area (Å²) in [7, 11) is 0.